The van der Waals surface area contributed by atoms with E-state index in [0.717, 1.165) is 6.07 Å². The van der Waals surface area contributed by atoms with Gasteiger partial charge in [0.2, 0.25) is 5.43 Å². The normalized spacial score (nSPS) is 15.3. The van der Waals surface area contributed by atoms with Gasteiger partial charge < -0.3 is 14.6 Å². The molecule has 32 heavy (non-hydrogen) atoms. The second kappa shape index (κ2) is 6.76. The minimum Gasteiger partial charge on any atom is -0.459 e. The van der Waals surface area contributed by atoms with E-state index >= 15 is 4.39 Å². The van der Waals surface area contributed by atoms with Gasteiger partial charge in [-0.1, -0.05) is 0 Å². The first kappa shape index (κ1) is 18.8. The Kier molecular flexibility index (Phi) is 3.96. The van der Waals surface area contributed by atoms with E-state index in [0.29, 0.717) is 37.6 Å². The molecule has 0 unspecified atom stereocenters. The number of piperazine rings is 1. The van der Waals surface area contributed by atoms with Crippen LogP contribution < -0.4 is 15.6 Å². The summed E-state index contributed by atoms with van der Waals surface area (Å²) in [5, 5.41) is 3.19. The molecule has 0 saturated carbocycles. The highest BCUT2D eigenvalue weighted by atomic mass is 19.1. The summed E-state index contributed by atoms with van der Waals surface area (Å²) < 4.78 is 23.1. The Morgan fingerprint density at radius 1 is 1.09 bits per heavy atom. The summed E-state index contributed by atoms with van der Waals surface area (Å²) >= 11 is 0. The van der Waals surface area contributed by atoms with Crippen molar-refractivity contribution in [3.05, 3.63) is 76.2 Å². The minimum atomic E-state index is -0.599. The van der Waals surface area contributed by atoms with Crippen LogP contribution in [0.5, 0.6) is 0 Å². The van der Waals surface area contributed by atoms with E-state index in [1.807, 2.05) is 4.90 Å². The van der Waals surface area contributed by atoms with Crippen molar-refractivity contribution in [2.45, 2.75) is 0 Å². The molecule has 1 saturated heterocycles. The van der Waals surface area contributed by atoms with E-state index in [2.05, 4.69) is 5.32 Å². The van der Waals surface area contributed by atoms with Crippen molar-refractivity contribution in [1.82, 2.24) is 14.5 Å². The SMILES string of the molecule is O=C1c2c(n(C(=O)c3ccco3)c3cc(N4CCNCC4)c(F)cc3c2=O)-c2cccn21. The molecule has 0 bridgehead atoms. The number of aromatic nitrogens is 2. The quantitative estimate of drug-likeness (QED) is 0.461. The maximum absolute atomic E-state index is 15.1. The molecule has 0 aliphatic carbocycles. The first-order valence-corrected chi connectivity index (χ1v) is 10.2. The topological polar surface area (TPSA) is 89.5 Å². The number of carbonyl (C=O) groups is 2. The zero-order valence-electron chi connectivity index (χ0n) is 16.8. The molecule has 0 spiro atoms. The molecule has 9 heteroatoms. The molecule has 0 amide bonds. The summed E-state index contributed by atoms with van der Waals surface area (Å²) in [5.74, 6) is -1.61. The van der Waals surface area contributed by atoms with Gasteiger partial charge in [-0.05, 0) is 36.4 Å². The summed E-state index contributed by atoms with van der Waals surface area (Å²) in [5.41, 5.74) is 0.403. The number of halogens is 1. The van der Waals surface area contributed by atoms with Crippen LogP contribution in [0, 0.1) is 5.82 Å². The highest BCUT2D eigenvalue weighted by molar-refractivity contribution is 6.14. The van der Waals surface area contributed by atoms with Gasteiger partial charge >= 0.3 is 0 Å². The van der Waals surface area contributed by atoms with E-state index in [1.54, 1.807) is 18.2 Å². The van der Waals surface area contributed by atoms with E-state index in [1.165, 1.54) is 33.7 Å². The smallest absolute Gasteiger partial charge is 0.298 e. The number of pyridine rings is 1. The van der Waals surface area contributed by atoms with Crippen LogP contribution in [0.2, 0.25) is 0 Å². The third kappa shape index (κ3) is 2.48. The summed E-state index contributed by atoms with van der Waals surface area (Å²) in [4.78, 5) is 41.7. The predicted molar refractivity (Wildman–Crippen MR) is 115 cm³/mol. The Hall–Kier alpha value is -3.98. The molecule has 1 fully saturated rings. The molecular formula is C23H17FN4O4. The number of hydrogen-bond acceptors (Lipinski definition) is 6. The molecule has 160 valence electrons. The Morgan fingerprint density at radius 2 is 1.91 bits per heavy atom. The van der Waals surface area contributed by atoms with Gasteiger partial charge in [0.05, 0.1) is 34.2 Å². The first-order chi connectivity index (χ1) is 15.6. The lowest BCUT2D eigenvalue weighted by Gasteiger charge is -2.30. The van der Waals surface area contributed by atoms with Crippen LogP contribution in [-0.4, -0.2) is 47.1 Å². The Labute approximate surface area is 180 Å². The van der Waals surface area contributed by atoms with E-state index in [-0.39, 0.29) is 27.9 Å². The van der Waals surface area contributed by atoms with Crippen molar-refractivity contribution in [2.24, 2.45) is 0 Å². The largest absolute Gasteiger partial charge is 0.459 e. The highest BCUT2D eigenvalue weighted by Gasteiger charge is 2.36. The van der Waals surface area contributed by atoms with Gasteiger partial charge in [-0.15, -0.1) is 0 Å². The van der Waals surface area contributed by atoms with Crippen molar-refractivity contribution < 1.29 is 18.4 Å². The zero-order chi connectivity index (χ0) is 22.0. The lowest BCUT2D eigenvalue weighted by atomic mass is 10.0. The fourth-order valence-corrected chi connectivity index (χ4v) is 4.57. The van der Waals surface area contributed by atoms with Crippen LogP contribution in [0.1, 0.15) is 20.9 Å². The Morgan fingerprint density at radius 3 is 2.66 bits per heavy atom. The van der Waals surface area contributed by atoms with Crippen LogP contribution in [0.3, 0.4) is 0 Å². The second-order valence-electron chi connectivity index (χ2n) is 7.80. The maximum Gasteiger partial charge on any atom is 0.298 e. The van der Waals surface area contributed by atoms with Crippen molar-refractivity contribution in [3.63, 3.8) is 0 Å². The molecule has 1 aromatic carbocycles. The molecule has 6 rings (SSSR count). The average Bonchev–Trinajstić information content (AvgIpc) is 3.55. The molecule has 8 nitrogen and oxygen atoms in total. The molecule has 2 aliphatic heterocycles. The minimum absolute atomic E-state index is 0.0286. The zero-order valence-corrected chi connectivity index (χ0v) is 16.8. The summed E-state index contributed by atoms with van der Waals surface area (Å²) in [7, 11) is 0. The lowest BCUT2D eigenvalue weighted by Crippen LogP contribution is -2.44. The number of fused-ring (bicyclic) bond motifs is 4. The highest BCUT2D eigenvalue weighted by Crippen LogP contribution is 2.35. The van der Waals surface area contributed by atoms with Crippen molar-refractivity contribution in [2.75, 3.05) is 31.1 Å². The number of nitrogens with one attached hydrogen (secondary N) is 1. The molecule has 1 N–H and O–H groups in total. The molecule has 5 heterocycles. The third-order valence-electron chi connectivity index (χ3n) is 6.05. The maximum atomic E-state index is 15.1. The summed E-state index contributed by atoms with van der Waals surface area (Å²) in [6.45, 7) is 2.57. The van der Waals surface area contributed by atoms with Crippen molar-refractivity contribution >= 4 is 28.4 Å². The van der Waals surface area contributed by atoms with E-state index < -0.39 is 23.1 Å². The second-order valence-corrected chi connectivity index (χ2v) is 7.80. The van der Waals surface area contributed by atoms with Gasteiger partial charge in [-0.25, -0.2) is 4.39 Å². The van der Waals surface area contributed by atoms with Crippen molar-refractivity contribution in [3.8, 4) is 11.4 Å². The van der Waals surface area contributed by atoms with E-state index in [4.69, 9.17) is 4.42 Å². The molecular weight excluding hydrogens is 415 g/mol. The lowest BCUT2D eigenvalue weighted by molar-refractivity contribution is 0.0938. The van der Waals surface area contributed by atoms with Gasteiger partial charge in [0.25, 0.3) is 11.8 Å². The average molecular weight is 432 g/mol. The van der Waals surface area contributed by atoms with Crippen LogP contribution >= 0.6 is 0 Å². The monoisotopic (exact) mass is 432 g/mol. The fraction of sp³-hybridized carbons (Fsp3) is 0.174. The molecule has 4 aromatic rings. The number of benzene rings is 1. The Bertz CT molecular complexity index is 1480. The number of nitrogens with zero attached hydrogens (tertiary/aromatic N) is 3. The standard InChI is InChI=1S/C23H17FN4O4/c24-14-11-13-16(12-17(14)26-8-5-25-6-9-26)28(22(30)18-4-2-10-32-18)20-15-3-1-7-27(15)23(31)19(20)21(13)29/h1-4,7,10-12,25H,5-6,8-9H2. The molecule has 0 radical (unpaired) electrons. The molecule has 3 aromatic heterocycles. The van der Waals surface area contributed by atoms with Gasteiger partial charge in [0, 0.05) is 32.4 Å². The third-order valence-corrected chi connectivity index (χ3v) is 6.05. The summed E-state index contributed by atoms with van der Waals surface area (Å²) in [6, 6.07) is 9.08. The Balaban J connectivity index is 1.72. The van der Waals surface area contributed by atoms with Gasteiger partial charge in [0.15, 0.2) is 5.76 Å². The van der Waals surface area contributed by atoms with Gasteiger partial charge in [-0.2, -0.15) is 0 Å². The predicted octanol–water partition coefficient (Wildman–Crippen LogP) is 2.30. The number of hydrogen-bond donors (Lipinski definition) is 1. The van der Waals surface area contributed by atoms with Crippen LogP contribution in [-0.2, 0) is 0 Å². The van der Waals surface area contributed by atoms with Gasteiger partial charge in [0.1, 0.15) is 11.4 Å². The number of anilines is 1. The first-order valence-electron chi connectivity index (χ1n) is 10.2. The van der Waals surface area contributed by atoms with Gasteiger partial charge in [-0.3, -0.25) is 23.5 Å². The number of furan rings is 1. The van der Waals surface area contributed by atoms with Crippen LogP contribution in [0.4, 0.5) is 10.1 Å². The summed E-state index contributed by atoms with van der Waals surface area (Å²) in [6.07, 6.45) is 2.91. The van der Waals surface area contributed by atoms with Crippen LogP contribution in [0.25, 0.3) is 22.3 Å². The van der Waals surface area contributed by atoms with E-state index in [9.17, 15) is 14.4 Å². The number of carbonyl (C=O) groups excluding carboxylic acids is 2. The van der Waals surface area contributed by atoms with Crippen molar-refractivity contribution in [1.29, 1.82) is 0 Å². The fourth-order valence-electron chi connectivity index (χ4n) is 4.57. The number of rotatable bonds is 2. The molecule has 0 atom stereocenters. The molecule has 2 aliphatic rings. The van der Waals surface area contributed by atoms with Crippen LogP contribution in [0.15, 0.2) is 58.1 Å².